The molecule has 8 nitrogen and oxygen atoms in total. The van der Waals surface area contributed by atoms with Crippen molar-refractivity contribution in [1.29, 1.82) is 0 Å². The first-order chi connectivity index (χ1) is 8.49. The molecule has 0 saturated carbocycles. The summed E-state index contributed by atoms with van der Waals surface area (Å²) >= 11 is 0. The SMILES string of the molecule is O=[N+]([O-])c1ccc(S(=O)(=O)N[C@@H]2CNOC2)cc1. The van der Waals surface area contributed by atoms with E-state index in [0.717, 1.165) is 12.1 Å². The molecule has 1 aliphatic heterocycles. The molecule has 18 heavy (non-hydrogen) atoms. The molecule has 1 aliphatic rings. The Morgan fingerprint density at radius 2 is 2.06 bits per heavy atom. The van der Waals surface area contributed by atoms with E-state index in [1.807, 2.05) is 0 Å². The highest BCUT2D eigenvalue weighted by Gasteiger charge is 2.23. The Morgan fingerprint density at radius 1 is 1.39 bits per heavy atom. The number of nitrogens with one attached hydrogen (secondary N) is 2. The molecule has 2 rings (SSSR count). The number of non-ortho nitro benzene ring substituents is 1. The molecular weight excluding hydrogens is 262 g/mol. The lowest BCUT2D eigenvalue weighted by molar-refractivity contribution is -0.384. The molecule has 9 heteroatoms. The fourth-order valence-electron chi connectivity index (χ4n) is 1.49. The highest BCUT2D eigenvalue weighted by atomic mass is 32.2. The molecule has 0 aliphatic carbocycles. The maximum atomic E-state index is 11.9. The molecule has 1 saturated heterocycles. The molecule has 1 aromatic carbocycles. The molecule has 98 valence electrons. The standard InChI is InChI=1S/C9H11N3O5S/c13-12(14)8-1-3-9(4-2-8)18(15,16)11-7-5-10-17-6-7/h1-4,7,10-11H,5-6H2/t7-/m1/s1. The van der Waals surface area contributed by atoms with Crippen LogP contribution in [-0.4, -0.2) is 32.5 Å². The van der Waals surface area contributed by atoms with E-state index in [-0.39, 0.29) is 23.2 Å². The Morgan fingerprint density at radius 3 is 2.56 bits per heavy atom. The Balaban J connectivity index is 2.16. The third-order valence-corrected chi connectivity index (χ3v) is 3.93. The quantitative estimate of drug-likeness (QED) is 0.579. The monoisotopic (exact) mass is 273 g/mol. The molecule has 0 aromatic heterocycles. The summed E-state index contributed by atoms with van der Waals surface area (Å²) in [4.78, 5) is 14.7. The summed E-state index contributed by atoms with van der Waals surface area (Å²) < 4.78 is 26.2. The summed E-state index contributed by atoms with van der Waals surface area (Å²) in [6.45, 7) is 0.623. The lowest BCUT2D eigenvalue weighted by atomic mass is 10.3. The van der Waals surface area contributed by atoms with E-state index in [1.54, 1.807) is 0 Å². The van der Waals surface area contributed by atoms with E-state index in [0.29, 0.717) is 6.54 Å². The summed E-state index contributed by atoms with van der Waals surface area (Å²) in [5.41, 5.74) is 2.40. The van der Waals surface area contributed by atoms with Gasteiger partial charge in [-0.15, -0.1) is 0 Å². The van der Waals surface area contributed by atoms with Crippen molar-refractivity contribution in [2.45, 2.75) is 10.9 Å². The second-order valence-corrected chi connectivity index (χ2v) is 5.44. The molecular formula is C9H11N3O5S. The molecule has 1 aromatic rings. The lowest BCUT2D eigenvalue weighted by Crippen LogP contribution is -2.37. The number of benzene rings is 1. The Kier molecular flexibility index (Phi) is 3.57. The van der Waals surface area contributed by atoms with Gasteiger partial charge in [0.15, 0.2) is 0 Å². The van der Waals surface area contributed by atoms with Crippen LogP contribution >= 0.6 is 0 Å². The van der Waals surface area contributed by atoms with Crippen LogP contribution < -0.4 is 10.2 Å². The number of nitro benzene ring substituents is 1. The van der Waals surface area contributed by atoms with Gasteiger partial charge in [-0.2, -0.15) is 0 Å². The molecule has 2 N–H and O–H groups in total. The van der Waals surface area contributed by atoms with Gasteiger partial charge >= 0.3 is 0 Å². The van der Waals surface area contributed by atoms with Crippen molar-refractivity contribution in [2.24, 2.45) is 0 Å². The number of nitro groups is 1. The topological polar surface area (TPSA) is 111 Å². The largest absolute Gasteiger partial charge is 0.300 e. The van der Waals surface area contributed by atoms with Crippen LogP contribution in [0.25, 0.3) is 0 Å². The average Bonchev–Trinajstić information content (AvgIpc) is 2.81. The minimum atomic E-state index is -3.68. The smallest absolute Gasteiger partial charge is 0.269 e. The average molecular weight is 273 g/mol. The maximum Gasteiger partial charge on any atom is 0.269 e. The lowest BCUT2D eigenvalue weighted by Gasteiger charge is -2.10. The molecule has 1 atom stereocenters. The predicted octanol–water partition coefficient (Wildman–Crippen LogP) is -0.224. The van der Waals surface area contributed by atoms with Crippen LogP contribution in [0, 0.1) is 10.1 Å². The molecule has 0 spiro atoms. The van der Waals surface area contributed by atoms with Crippen molar-refractivity contribution in [2.75, 3.05) is 13.2 Å². The van der Waals surface area contributed by atoms with Gasteiger partial charge in [-0.25, -0.2) is 18.6 Å². The Hall–Kier alpha value is -1.55. The van der Waals surface area contributed by atoms with E-state index < -0.39 is 14.9 Å². The van der Waals surface area contributed by atoms with Crippen molar-refractivity contribution in [3.8, 4) is 0 Å². The fraction of sp³-hybridized carbons (Fsp3) is 0.333. The number of hydrogen-bond donors (Lipinski definition) is 2. The summed E-state index contributed by atoms with van der Waals surface area (Å²) in [5.74, 6) is 0. The van der Waals surface area contributed by atoms with Gasteiger partial charge in [0, 0.05) is 18.7 Å². The fourth-order valence-corrected chi connectivity index (χ4v) is 2.71. The van der Waals surface area contributed by atoms with Crippen molar-refractivity contribution in [3.63, 3.8) is 0 Å². The van der Waals surface area contributed by atoms with Crippen molar-refractivity contribution < 1.29 is 18.2 Å². The van der Waals surface area contributed by atoms with E-state index in [1.165, 1.54) is 12.1 Å². The molecule has 1 fully saturated rings. The third kappa shape index (κ3) is 2.82. The van der Waals surface area contributed by atoms with Crippen molar-refractivity contribution in [3.05, 3.63) is 34.4 Å². The van der Waals surface area contributed by atoms with Gasteiger partial charge in [0.25, 0.3) is 5.69 Å². The minimum absolute atomic E-state index is 0.0139. The number of nitrogens with zero attached hydrogens (tertiary/aromatic N) is 1. The van der Waals surface area contributed by atoms with Crippen LogP contribution in [0.3, 0.4) is 0 Å². The number of hydrogen-bond acceptors (Lipinski definition) is 6. The molecule has 1 heterocycles. The summed E-state index contributed by atoms with van der Waals surface area (Å²) in [7, 11) is -3.68. The summed E-state index contributed by atoms with van der Waals surface area (Å²) in [6.07, 6.45) is 0. The first kappa shape index (κ1) is 12.9. The van der Waals surface area contributed by atoms with E-state index in [9.17, 15) is 18.5 Å². The number of rotatable bonds is 4. The van der Waals surface area contributed by atoms with Gasteiger partial charge < -0.3 is 4.84 Å². The van der Waals surface area contributed by atoms with Crippen LogP contribution in [0.4, 0.5) is 5.69 Å². The molecule has 0 radical (unpaired) electrons. The van der Waals surface area contributed by atoms with Gasteiger partial charge in [-0.1, -0.05) is 0 Å². The van der Waals surface area contributed by atoms with Crippen molar-refractivity contribution in [1.82, 2.24) is 10.2 Å². The van der Waals surface area contributed by atoms with Gasteiger partial charge in [-0.3, -0.25) is 10.1 Å². The van der Waals surface area contributed by atoms with Crippen LogP contribution in [0.1, 0.15) is 0 Å². The minimum Gasteiger partial charge on any atom is -0.300 e. The molecule has 0 amide bonds. The van der Waals surface area contributed by atoms with E-state index in [2.05, 4.69) is 10.2 Å². The summed E-state index contributed by atoms with van der Waals surface area (Å²) in [6, 6.07) is 4.36. The highest BCUT2D eigenvalue weighted by Crippen LogP contribution is 2.16. The second kappa shape index (κ2) is 4.98. The first-order valence-electron chi connectivity index (χ1n) is 5.10. The van der Waals surface area contributed by atoms with Gasteiger partial charge in [0.2, 0.25) is 10.0 Å². The Bertz CT molecular complexity index is 536. The summed E-state index contributed by atoms with van der Waals surface area (Å²) in [5, 5.41) is 10.5. The van der Waals surface area contributed by atoms with E-state index in [4.69, 9.17) is 4.84 Å². The van der Waals surface area contributed by atoms with Crippen LogP contribution in [0.15, 0.2) is 29.2 Å². The molecule has 0 unspecified atom stereocenters. The normalized spacial score (nSPS) is 19.9. The van der Waals surface area contributed by atoms with Crippen LogP contribution in [0.5, 0.6) is 0 Å². The third-order valence-electron chi connectivity index (χ3n) is 2.40. The van der Waals surface area contributed by atoms with Crippen LogP contribution in [-0.2, 0) is 14.9 Å². The second-order valence-electron chi connectivity index (χ2n) is 3.73. The maximum absolute atomic E-state index is 11.9. The Labute approximate surface area is 103 Å². The number of hydroxylamine groups is 1. The zero-order valence-electron chi connectivity index (χ0n) is 9.20. The zero-order valence-corrected chi connectivity index (χ0v) is 10.0. The van der Waals surface area contributed by atoms with Gasteiger partial charge in [-0.05, 0) is 12.1 Å². The first-order valence-corrected chi connectivity index (χ1v) is 6.59. The van der Waals surface area contributed by atoms with E-state index >= 15 is 0 Å². The highest BCUT2D eigenvalue weighted by molar-refractivity contribution is 7.89. The van der Waals surface area contributed by atoms with Crippen molar-refractivity contribution >= 4 is 15.7 Å². The predicted molar refractivity (Wildman–Crippen MR) is 61.2 cm³/mol. The zero-order chi connectivity index (χ0) is 13.2. The van der Waals surface area contributed by atoms with Crippen LogP contribution in [0.2, 0.25) is 0 Å². The molecule has 0 bridgehead atoms. The number of sulfonamides is 1. The van der Waals surface area contributed by atoms with Gasteiger partial charge in [0.1, 0.15) is 0 Å². The van der Waals surface area contributed by atoms with Gasteiger partial charge in [0.05, 0.1) is 22.5 Å².